The largest absolute Gasteiger partial charge is 0.293 e. The van der Waals surface area contributed by atoms with Crippen molar-refractivity contribution in [3.63, 3.8) is 0 Å². The molecule has 0 aliphatic rings. The van der Waals surface area contributed by atoms with Crippen molar-refractivity contribution in [1.82, 2.24) is 0 Å². The van der Waals surface area contributed by atoms with Crippen LogP contribution in [0.3, 0.4) is 0 Å². The smallest absolute Gasteiger partial charge is 0.264 e. The molecule has 1 nitrogen and oxygen atoms in total. The van der Waals surface area contributed by atoms with Gasteiger partial charge in [-0.25, -0.2) is 8.78 Å². The van der Waals surface area contributed by atoms with Crippen LogP contribution in [0.4, 0.5) is 8.78 Å². The van der Waals surface area contributed by atoms with E-state index in [1.807, 2.05) is 0 Å². The lowest BCUT2D eigenvalue weighted by atomic mass is 10.0. The molecule has 0 fully saturated rings. The van der Waals surface area contributed by atoms with Gasteiger partial charge in [-0.2, -0.15) is 0 Å². The van der Waals surface area contributed by atoms with Crippen LogP contribution in [0.15, 0.2) is 18.2 Å². The Morgan fingerprint density at radius 1 is 1.40 bits per heavy atom. The number of rotatable bonds is 3. The van der Waals surface area contributed by atoms with E-state index in [2.05, 4.69) is 0 Å². The molecule has 0 bridgehead atoms. The summed E-state index contributed by atoms with van der Waals surface area (Å²) in [7, 11) is 0. The van der Waals surface area contributed by atoms with E-state index in [9.17, 15) is 13.6 Å². The van der Waals surface area contributed by atoms with Crippen LogP contribution in [0, 0.1) is 0 Å². The molecular formula is C10H8Cl2F2O. The van der Waals surface area contributed by atoms with Gasteiger partial charge in [0.05, 0.1) is 5.38 Å². The third-order valence-corrected chi connectivity index (χ3v) is 2.31. The van der Waals surface area contributed by atoms with Gasteiger partial charge in [-0.3, -0.25) is 4.79 Å². The highest BCUT2D eigenvalue weighted by Crippen LogP contribution is 2.27. The third kappa shape index (κ3) is 2.89. The SMILES string of the molecule is CC(Cl)C(=O)c1cc(Cl)ccc1C(F)F. The van der Waals surface area contributed by atoms with Gasteiger partial charge in [0.1, 0.15) is 0 Å². The summed E-state index contributed by atoms with van der Waals surface area (Å²) in [4.78, 5) is 11.5. The highest BCUT2D eigenvalue weighted by Gasteiger charge is 2.21. The predicted molar refractivity (Wildman–Crippen MR) is 56.1 cm³/mol. The van der Waals surface area contributed by atoms with Crippen molar-refractivity contribution in [2.75, 3.05) is 0 Å². The Labute approximate surface area is 96.0 Å². The first-order valence-electron chi connectivity index (χ1n) is 4.19. The lowest BCUT2D eigenvalue weighted by molar-refractivity contribution is 0.0978. The Morgan fingerprint density at radius 2 is 2.00 bits per heavy atom. The number of ketones is 1. The van der Waals surface area contributed by atoms with Crippen molar-refractivity contribution >= 4 is 29.0 Å². The fraction of sp³-hybridized carbons (Fsp3) is 0.300. The molecule has 0 amide bonds. The van der Waals surface area contributed by atoms with Crippen molar-refractivity contribution < 1.29 is 13.6 Å². The minimum Gasteiger partial charge on any atom is -0.293 e. The van der Waals surface area contributed by atoms with Gasteiger partial charge in [-0.1, -0.05) is 17.7 Å². The zero-order valence-corrected chi connectivity index (χ0v) is 9.32. The van der Waals surface area contributed by atoms with E-state index >= 15 is 0 Å². The van der Waals surface area contributed by atoms with Crippen LogP contribution in [-0.2, 0) is 0 Å². The fourth-order valence-electron chi connectivity index (χ4n) is 1.15. The molecular weight excluding hydrogens is 245 g/mol. The van der Waals surface area contributed by atoms with E-state index in [-0.39, 0.29) is 16.1 Å². The summed E-state index contributed by atoms with van der Waals surface area (Å²) in [6.45, 7) is 1.43. The maximum absolute atomic E-state index is 12.5. The van der Waals surface area contributed by atoms with E-state index in [0.717, 1.165) is 6.07 Å². The van der Waals surface area contributed by atoms with Crippen LogP contribution in [0.5, 0.6) is 0 Å². The molecule has 1 aromatic carbocycles. The van der Waals surface area contributed by atoms with E-state index in [4.69, 9.17) is 23.2 Å². The van der Waals surface area contributed by atoms with Crippen LogP contribution in [-0.4, -0.2) is 11.2 Å². The highest BCUT2D eigenvalue weighted by molar-refractivity contribution is 6.35. The average Bonchev–Trinajstić information content (AvgIpc) is 2.15. The van der Waals surface area contributed by atoms with E-state index in [0.29, 0.717) is 0 Å². The molecule has 0 saturated heterocycles. The van der Waals surface area contributed by atoms with E-state index in [1.54, 1.807) is 0 Å². The fourth-order valence-corrected chi connectivity index (χ4v) is 1.44. The van der Waals surface area contributed by atoms with Crippen molar-refractivity contribution in [1.29, 1.82) is 0 Å². The zero-order valence-electron chi connectivity index (χ0n) is 7.81. The maximum atomic E-state index is 12.5. The van der Waals surface area contributed by atoms with Crippen molar-refractivity contribution in [2.24, 2.45) is 0 Å². The van der Waals surface area contributed by atoms with Crippen LogP contribution >= 0.6 is 23.2 Å². The van der Waals surface area contributed by atoms with Gasteiger partial charge in [0.25, 0.3) is 6.43 Å². The lowest BCUT2D eigenvalue weighted by Gasteiger charge is -2.09. The number of Topliss-reactive ketones (excluding diaryl/α,β-unsaturated/α-hetero) is 1. The second kappa shape index (κ2) is 4.90. The topological polar surface area (TPSA) is 17.1 Å². The number of alkyl halides is 3. The Morgan fingerprint density at radius 3 is 2.47 bits per heavy atom. The van der Waals surface area contributed by atoms with E-state index in [1.165, 1.54) is 19.1 Å². The number of carbonyl (C=O) groups is 1. The Balaban J connectivity index is 3.24. The number of hydrogen-bond acceptors (Lipinski definition) is 1. The Hall–Kier alpha value is -0.670. The second-order valence-electron chi connectivity index (χ2n) is 3.01. The predicted octanol–water partition coefficient (Wildman–Crippen LogP) is 4.09. The van der Waals surface area contributed by atoms with Gasteiger partial charge in [0.15, 0.2) is 5.78 Å². The first-order chi connectivity index (χ1) is 6.93. The summed E-state index contributed by atoms with van der Waals surface area (Å²) in [5.41, 5.74) is -0.447. The number of carbonyl (C=O) groups excluding carboxylic acids is 1. The molecule has 0 aliphatic heterocycles. The summed E-state index contributed by atoms with van der Waals surface area (Å²) < 4.78 is 25.1. The molecule has 1 atom stereocenters. The molecule has 0 aromatic heterocycles. The Bertz CT molecular complexity index is 378. The van der Waals surface area contributed by atoms with Gasteiger partial charge >= 0.3 is 0 Å². The van der Waals surface area contributed by atoms with Gasteiger partial charge in [0, 0.05) is 16.1 Å². The second-order valence-corrected chi connectivity index (χ2v) is 4.10. The van der Waals surface area contributed by atoms with Crippen LogP contribution in [0.2, 0.25) is 5.02 Å². The monoisotopic (exact) mass is 252 g/mol. The standard InChI is InChI=1S/C10H8Cl2F2O/c1-5(11)9(15)8-4-6(12)2-3-7(8)10(13)14/h2-5,10H,1H3. The number of hydrogen-bond donors (Lipinski definition) is 0. The lowest BCUT2D eigenvalue weighted by Crippen LogP contribution is -2.13. The van der Waals surface area contributed by atoms with Crippen LogP contribution < -0.4 is 0 Å². The van der Waals surface area contributed by atoms with Gasteiger partial charge in [-0.05, 0) is 19.1 Å². The average molecular weight is 253 g/mol. The summed E-state index contributed by atoms with van der Waals surface area (Å²) in [5.74, 6) is -0.547. The third-order valence-electron chi connectivity index (χ3n) is 1.88. The van der Waals surface area contributed by atoms with E-state index < -0.39 is 17.6 Å². The molecule has 0 saturated carbocycles. The summed E-state index contributed by atoms with van der Waals surface area (Å²) in [6.07, 6.45) is -2.71. The van der Waals surface area contributed by atoms with Crippen LogP contribution in [0.1, 0.15) is 29.3 Å². The number of benzene rings is 1. The Kier molecular flexibility index (Phi) is 4.05. The van der Waals surface area contributed by atoms with Crippen molar-refractivity contribution in [3.8, 4) is 0 Å². The quantitative estimate of drug-likeness (QED) is 0.585. The summed E-state index contributed by atoms with van der Waals surface area (Å²) in [6, 6.07) is 3.67. The van der Waals surface area contributed by atoms with Gasteiger partial charge in [-0.15, -0.1) is 11.6 Å². The van der Waals surface area contributed by atoms with Crippen molar-refractivity contribution in [3.05, 3.63) is 34.3 Å². The minimum absolute atomic E-state index is 0.111. The first-order valence-corrected chi connectivity index (χ1v) is 5.00. The summed E-state index contributed by atoms with van der Waals surface area (Å²) in [5, 5.41) is -0.610. The molecule has 0 heterocycles. The normalized spacial score (nSPS) is 12.9. The molecule has 0 N–H and O–H groups in total. The molecule has 0 spiro atoms. The molecule has 1 aromatic rings. The van der Waals surface area contributed by atoms with Gasteiger partial charge < -0.3 is 0 Å². The molecule has 0 aliphatic carbocycles. The zero-order chi connectivity index (χ0) is 11.6. The minimum atomic E-state index is -2.71. The molecule has 15 heavy (non-hydrogen) atoms. The molecule has 1 unspecified atom stereocenters. The van der Waals surface area contributed by atoms with Gasteiger partial charge in [0.2, 0.25) is 0 Å². The summed E-state index contributed by atoms with van der Waals surface area (Å²) >= 11 is 11.2. The molecule has 5 heteroatoms. The molecule has 82 valence electrons. The first kappa shape index (κ1) is 12.4. The van der Waals surface area contributed by atoms with Crippen molar-refractivity contribution in [2.45, 2.75) is 18.7 Å². The maximum Gasteiger partial charge on any atom is 0.264 e. The number of halogens is 4. The molecule has 0 radical (unpaired) electrons. The molecule has 1 rings (SSSR count). The van der Waals surface area contributed by atoms with Crippen LogP contribution in [0.25, 0.3) is 0 Å². The highest BCUT2D eigenvalue weighted by atomic mass is 35.5.